The van der Waals surface area contributed by atoms with Gasteiger partial charge in [-0.05, 0) is 60.2 Å². The van der Waals surface area contributed by atoms with Crippen LogP contribution in [0.2, 0.25) is 5.02 Å². The van der Waals surface area contributed by atoms with E-state index in [-0.39, 0.29) is 6.54 Å². The van der Waals surface area contributed by atoms with Crippen molar-refractivity contribution >= 4 is 23.3 Å². The molecule has 7 heteroatoms. The first kappa shape index (κ1) is 20.6. The van der Waals surface area contributed by atoms with Crippen LogP contribution >= 0.6 is 11.6 Å². The fourth-order valence-corrected chi connectivity index (χ4v) is 3.85. The zero-order chi connectivity index (χ0) is 20.1. The minimum atomic E-state index is -0.594. The Morgan fingerprint density at radius 2 is 1.89 bits per heavy atom. The van der Waals surface area contributed by atoms with Crippen molar-refractivity contribution in [3.63, 3.8) is 0 Å². The standard InChI is InChI=1S/C21H26ClFN4O/c1-14(2)16-5-3-15(4-6-16)13-27(21(28)25-26-23)20-18-10-12-24-11-9-17(18)7-8-19(20)22/h3-8,14,24,26H,9-13H2,1-2H3,(H,25,28). The van der Waals surface area contributed by atoms with Crippen LogP contribution in [0.25, 0.3) is 0 Å². The molecule has 2 aromatic carbocycles. The summed E-state index contributed by atoms with van der Waals surface area (Å²) in [7, 11) is 0. The summed E-state index contributed by atoms with van der Waals surface area (Å²) in [6.07, 6.45) is 1.61. The number of urea groups is 1. The van der Waals surface area contributed by atoms with Crippen molar-refractivity contribution < 1.29 is 9.28 Å². The minimum absolute atomic E-state index is 0.287. The highest BCUT2D eigenvalue weighted by Crippen LogP contribution is 2.35. The zero-order valence-electron chi connectivity index (χ0n) is 16.2. The molecule has 0 unspecified atom stereocenters. The van der Waals surface area contributed by atoms with Crippen LogP contribution < -0.4 is 21.3 Å². The summed E-state index contributed by atoms with van der Waals surface area (Å²) in [4.78, 5) is 14.2. The van der Waals surface area contributed by atoms with Gasteiger partial charge in [0.15, 0.2) is 0 Å². The Morgan fingerprint density at radius 3 is 2.57 bits per heavy atom. The lowest BCUT2D eigenvalue weighted by Crippen LogP contribution is -2.44. The molecule has 150 valence electrons. The fourth-order valence-electron chi connectivity index (χ4n) is 3.57. The number of carbonyl (C=O) groups excluding carboxylic acids is 1. The van der Waals surface area contributed by atoms with Crippen molar-refractivity contribution in [2.45, 2.75) is 39.2 Å². The fraction of sp³-hybridized carbons (Fsp3) is 0.381. The van der Waals surface area contributed by atoms with E-state index in [1.807, 2.05) is 29.7 Å². The molecule has 0 bridgehead atoms. The van der Waals surface area contributed by atoms with Gasteiger partial charge in [-0.3, -0.25) is 4.90 Å². The molecule has 3 rings (SSSR count). The average Bonchev–Trinajstić information content (AvgIpc) is 2.92. The molecule has 0 spiro atoms. The second kappa shape index (κ2) is 9.37. The Kier molecular flexibility index (Phi) is 6.88. The van der Waals surface area contributed by atoms with Gasteiger partial charge < -0.3 is 5.32 Å². The molecule has 2 amide bonds. The first-order valence-electron chi connectivity index (χ1n) is 9.54. The van der Waals surface area contributed by atoms with Gasteiger partial charge in [-0.15, -0.1) is 4.48 Å². The van der Waals surface area contributed by atoms with Gasteiger partial charge in [0.2, 0.25) is 0 Å². The average molecular weight is 405 g/mol. The monoisotopic (exact) mass is 404 g/mol. The van der Waals surface area contributed by atoms with Crippen LogP contribution in [0.1, 0.15) is 42.0 Å². The highest BCUT2D eigenvalue weighted by Gasteiger charge is 2.24. The van der Waals surface area contributed by atoms with E-state index in [0.29, 0.717) is 16.6 Å². The van der Waals surface area contributed by atoms with Gasteiger partial charge >= 0.3 is 6.03 Å². The topological polar surface area (TPSA) is 56.4 Å². The molecule has 3 N–H and O–H groups in total. The van der Waals surface area contributed by atoms with Crippen LogP contribution in [0.15, 0.2) is 36.4 Å². The summed E-state index contributed by atoms with van der Waals surface area (Å²) in [6.45, 7) is 6.24. The van der Waals surface area contributed by atoms with Crippen LogP contribution in [0.5, 0.6) is 0 Å². The molecule has 5 nitrogen and oxygen atoms in total. The number of fused-ring (bicyclic) bond motifs is 1. The van der Waals surface area contributed by atoms with Gasteiger partial charge in [-0.25, -0.2) is 10.2 Å². The van der Waals surface area contributed by atoms with Crippen LogP contribution in [-0.4, -0.2) is 19.1 Å². The summed E-state index contributed by atoms with van der Waals surface area (Å²) in [5, 5.41) is 3.85. The number of carbonyl (C=O) groups is 1. The molecule has 1 heterocycles. The van der Waals surface area contributed by atoms with Gasteiger partial charge in [-0.1, -0.05) is 61.4 Å². The van der Waals surface area contributed by atoms with Crippen LogP contribution in [0, 0.1) is 0 Å². The highest BCUT2D eigenvalue weighted by atomic mass is 35.5. The van der Waals surface area contributed by atoms with Gasteiger partial charge in [0.1, 0.15) is 0 Å². The normalized spacial score (nSPS) is 13.8. The molecule has 0 saturated heterocycles. The lowest BCUT2D eigenvalue weighted by Gasteiger charge is -2.27. The SMILES string of the molecule is CC(C)c1ccc(CN(C(=O)NNF)c2c(Cl)ccc3c2CCNCC3)cc1. The Morgan fingerprint density at radius 1 is 1.18 bits per heavy atom. The Bertz CT molecular complexity index is 826. The lowest BCUT2D eigenvalue weighted by molar-refractivity contribution is 0.218. The van der Waals surface area contributed by atoms with Crippen LogP contribution in [0.3, 0.4) is 0 Å². The summed E-state index contributed by atoms with van der Waals surface area (Å²) in [6, 6.07) is 11.3. The predicted molar refractivity (Wildman–Crippen MR) is 111 cm³/mol. The number of nitrogens with zero attached hydrogens (tertiary/aromatic N) is 1. The molecule has 0 aromatic heterocycles. The molecule has 0 atom stereocenters. The van der Waals surface area contributed by atoms with E-state index >= 15 is 0 Å². The number of benzene rings is 2. The molecule has 1 aliphatic heterocycles. The Labute approximate surface area is 170 Å². The van der Waals surface area contributed by atoms with Crippen molar-refractivity contribution in [1.29, 1.82) is 0 Å². The van der Waals surface area contributed by atoms with Gasteiger partial charge in [0.25, 0.3) is 0 Å². The molecule has 2 aromatic rings. The maximum Gasteiger partial charge on any atom is 0.338 e. The summed E-state index contributed by atoms with van der Waals surface area (Å²) >= 11 is 6.53. The second-order valence-electron chi connectivity index (χ2n) is 7.29. The van der Waals surface area contributed by atoms with Crippen molar-refractivity contribution in [2.24, 2.45) is 0 Å². The molecular weight excluding hydrogens is 379 g/mol. The third kappa shape index (κ3) is 4.63. The van der Waals surface area contributed by atoms with E-state index in [0.717, 1.165) is 42.6 Å². The number of halogens is 2. The number of hydrogen-bond donors (Lipinski definition) is 3. The smallest absolute Gasteiger partial charge is 0.316 e. The van der Waals surface area contributed by atoms with Crippen molar-refractivity contribution in [2.75, 3.05) is 18.0 Å². The lowest BCUT2D eigenvalue weighted by atomic mass is 9.99. The quantitative estimate of drug-likeness (QED) is 0.515. The summed E-state index contributed by atoms with van der Waals surface area (Å²) < 4.78 is 12.7. The maximum atomic E-state index is 12.7. The highest BCUT2D eigenvalue weighted by molar-refractivity contribution is 6.34. The molecule has 1 aliphatic rings. The Balaban J connectivity index is 2.00. The van der Waals surface area contributed by atoms with Crippen LogP contribution in [0.4, 0.5) is 15.0 Å². The number of anilines is 1. The number of nitrogens with one attached hydrogen (secondary N) is 3. The molecule has 28 heavy (non-hydrogen) atoms. The number of rotatable bonds is 5. The molecule has 0 saturated carbocycles. The predicted octanol–water partition coefficient (Wildman–Crippen LogP) is 4.26. The second-order valence-corrected chi connectivity index (χ2v) is 7.70. The molecule has 0 radical (unpaired) electrons. The zero-order valence-corrected chi connectivity index (χ0v) is 16.9. The van der Waals surface area contributed by atoms with Crippen molar-refractivity contribution in [1.82, 2.24) is 16.4 Å². The van der Waals surface area contributed by atoms with E-state index in [4.69, 9.17) is 11.6 Å². The van der Waals surface area contributed by atoms with Gasteiger partial charge in [0.05, 0.1) is 17.3 Å². The molecule has 0 aliphatic carbocycles. The summed E-state index contributed by atoms with van der Waals surface area (Å²) in [5.74, 6) is 0.427. The van der Waals surface area contributed by atoms with Crippen LogP contribution in [-0.2, 0) is 19.4 Å². The van der Waals surface area contributed by atoms with E-state index in [9.17, 15) is 9.28 Å². The largest absolute Gasteiger partial charge is 0.338 e. The first-order chi connectivity index (χ1) is 13.5. The molecular formula is C21H26ClFN4O. The third-order valence-electron chi connectivity index (χ3n) is 5.11. The minimum Gasteiger partial charge on any atom is -0.316 e. The first-order valence-corrected chi connectivity index (χ1v) is 9.92. The van der Waals surface area contributed by atoms with E-state index in [1.165, 1.54) is 16.1 Å². The number of hydrazine groups is 1. The number of amides is 2. The maximum absolute atomic E-state index is 12.7. The van der Waals surface area contributed by atoms with Gasteiger partial charge in [-0.2, -0.15) is 0 Å². The molecule has 0 fully saturated rings. The number of hydrogen-bond acceptors (Lipinski definition) is 3. The Hall–Kier alpha value is -2.15. The van der Waals surface area contributed by atoms with Gasteiger partial charge in [0, 0.05) is 0 Å². The van der Waals surface area contributed by atoms with Crippen molar-refractivity contribution in [3.05, 3.63) is 63.7 Å². The van der Waals surface area contributed by atoms with Crippen molar-refractivity contribution in [3.8, 4) is 0 Å². The van der Waals surface area contributed by atoms with E-state index < -0.39 is 6.03 Å². The van der Waals surface area contributed by atoms with E-state index in [2.05, 4.69) is 31.3 Å². The summed E-state index contributed by atoms with van der Waals surface area (Å²) in [5.41, 5.74) is 8.28. The third-order valence-corrected chi connectivity index (χ3v) is 5.41. The van der Waals surface area contributed by atoms with E-state index in [1.54, 1.807) is 0 Å².